The van der Waals surface area contributed by atoms with Crippen LogP contribution >= 0.6 is 23.1 Å². The van der Waals surface area contributed by atoms with Gasteiger partial charge in [0.05, 0.1) is 16.9 Å². The minimum absolute atomic E-state index is 0.237. The maximum absolute atomic E-state index is 12.5. The number of ether oxygens (including phenoxy) is 1. The number of aromatic nitrogens is 1. The van der Waals surface area contributed by atoms with Crippen molar-refractivity contribution in [2.75, 3.05) is 11.9 Å². The maximum Gasteiger partial charge on any atom is 0.350 e. The highest BCUT2D eigenvalue weighted by molar-refractivity contribution is 7.99. The third-order valence-corrected chi connectivity index (χ3v) is 4.34. The zero-order chi connectivity index (χ0) is 16.8. The quantitative estimate of drug-likeness (QED) is 0.632. The van der Waals surface area contributed by atoms with Crippen LogP contribution in [-0.4, -0.2) is 29.2 Å². The van der Waals surface area contributed by atoms with Crippen molar-refractivity contribution in [2.45, 2.75) is 17.6 Å². The van der Waals surface area contributed by atoms with Crippen molar-refractivity contribution in [1.29, 1.82) is 0 Å². The first-order chi connectivity index (χ1) is 11.0. The van der Waals surface area contributed by atoms with Gasteiger partial charge >= 0.3 is 5.97 Å². The normalized spacial score (nSPS) is 10.6. The summed E-state index contributed by atoms with van der Waals surface area (Å²) in [5, 5.41) is 2.45. The number of hydrogen-bond acceptors (Lipinski definition) is 6. The SMILES string of the molecule is Cc1ncsc1C(=O)OCC(=O)Nc1ccccc1SC(F)F. The van der Waals surface area contributed by atoms with Crippen LogP contribution in [0.3, 0.4) is 0 Å². The largest absolute Gasteiger partial charge is 0.451 e. The highest BCUT2D eigenvalue weighted by atomic mass is 32.2. The molecule has 1 amide bonds. The third kappa shape index (κ3) is 5.00. The van der Waals surface area contributed by atoms with Crippen LogP contribution in [-0.2, 0) is 9.53 Å². The number of thioether (sulfide) groups is 1. The number of amides is 1. The van der Waals surface area contributed by atoms with Gasteiger partial charge in [-0.1, -0.05) is 23.9 Å². The van der Waals surface area contributed by atoms with Crippen molar-refractivity contribution < 1.29 is 23.1 Å². The van der Waals surface area contributed by atoms with Crippen molar-refractivity contribution in [1.82, 2.24) is 4.98 Å². The molecule has 1 aromatic heterocycles. The van der Waals surface area contributed by atoms with Crippen molar-refractivity contribution in [3.63, 3.8) is 0 Å². The first kappa shape index (κ1) is 17.4. The van der Waals surface area contributed by atoms with E-state index in [-0.39, 0.29) is 10.6 Å². The Hall–Kier alpha value is -2.00. The Kier molecular flexibility index (Phi) is 6.05. The number of thiazole rings is 1. The van der Waals surface area contributed by atoms with Crippen LogP contribution in [0.2, 0.25) is 0 Å². The van der Waals surface area contributed by atoms with Gasteiger partial charge in [0.25, 0.3) is 11.7 Å². The number of anilines is 1. The molecule has 0 saturated carbocycles. The molecule has 0 aliphatic carbocycles. The number of carbonyl (C=O) groups is 2. The number of rotatable bonds is 6. The van der Waals surface area contributed by atoms with E-state index in [1.807, 2.05) is 0 Å². The van der Waals surface area contributed by atoms with Gasteiger partial charge in [0.1, 0.15) is 4.88 Å². The van der Waals surface area contributed by atoms with Crippen LogP contribution in [0.4, 0.5) is 14.5 Å². The van der Waals surface area contributed by atoms with Gasteiger partial charge in [-0.3, -0.25) is 4.79 Å². The van der Waals surface area contributed by atoms with Gasteiger partial charge in [-0.05, 0) is 19.1 Å². The van der Waals surface area contributed by atoms with Gasteiger partial charge in [-0.15, -0.1) is 11.3 Å². The van der Waals surface area contributed by atoms with E-state index in [1.54, 1.807) is 19.1 Å². The number of alkyl halides is 2. The summed E-state index contributed by atoms with van der Waals surface area (Å²) >= 11 is 1.45. The minimum Gasteiger partial charge on any atom is -0.451 e. The lowest BCUT2D eigenvalue weighted by Gasteiger charge is -2.10. The number of aryl methyl sites for hydroxylation is 1. The number of para-hydroxylation sites is 1. The molecule has 1 aromatic carbocycles. The summed E-state index contributed by atoms with van der Waals surface area (Å²) in [6.07, 6.45) is 0. The molecule has 1 N–H and O–H groups in total. The number of hydrogen-bond donors (Lipinski definition) is 1. The zero-order valence-electron chi connectivity index (χ0n) is 11.9. The fourth-order valence-corrected chi connectivity index (χ4v) is 2.94. The molecule has 5 nitrogen and oxygen atoms in total. The Morgan fingerprint density at radius 2 is 2.13 bits per heavy atom. The van der Waals surface area contributed by atoms with E-state index < -0.39 is 24.2 Å². The van der Waals surface area contributed by atoms with Crippen LogP contribution in [0.1, 0.15) is 15.4 Å². The van der Waals surface area contributed by atoms with Gasteiger partial charge in [-0.2, -0.15) is 8.78 Å². The summed E-state index contributed by atoms with van der Waals surface area (Å²) in [5.41, 5.74) is 2.27. The average Bonchev–Trinajstić information content (AvgIpc) is 2.92. The lowest BCUT2D eigenvalue weighted by molar-refractivity contribution is -0.119. The lowest BCUT2D eigenvalue weighted by Crippen LogP contribution is -2.21. The molecule has 2 aromatic rings. The number of halogens is 2. The van der Waals surface area contributed by atoms with Crippen molar-refractivity contribution in [2.24, 2.45) is 0 Å². The molecule has 1 heterocycles. The lowest BCUT2D eigenvalue weighted by atomic mass is 10.3. The Balaban J connectivity index is 1.93. The first-order valence-electron chi connectivity index (χ1n) is 6.38. The van der Waals surface area contributed by atoms with Crippen LogP contribution in [0.15, 0.2) is 34.7 Å². The number of benzene rings is 1. The van der Waals surface area contributed by atoms with Gasteiger partial charge in [-0.25, -0.2) is 9.78 Å². The van der Waals surface area contributed by atoms with E-state index in [2.05, 4.69) is 10.3 Å². The molecule has 0 atom stereocenters. The van der Waals surface area contributed by atoms with Gasteiger partial charge in [0, 0.05) is 4.90 Å². The molecule has 0 unspecified atom stereocenters. The number of carbonyl (C=O) groups excluding carboxylic acids is 2. The van der Waals surface area contributed by atoms with Crippen molar-refractivity contribution >= 4 is 40.7 Å². The molecule has 0 saturated heterocycles. The van der Waals surface area contributed by atoms with Crippen LogP contribution < -0.4 is 5.32 Å². The highest BCUT2D eigenvalue weighted by Crippen LogP contribution is 2.31. The third-order valence-electron chi connectivity index (χ3n) is 2.64. The van der Waals surface area contributed by atoms with E-state index in [0.717, 1.165) is 11.3 Å². The van der Waals surface area contributed by atoms with Crippen molar-refractivity contribution in [3.8, 4) is 0 Å². The van der Waals surface area contributed by atoms with Gasteiger partial charge in [0.15, 0.2) is 6.61 Å². The smallest absolute Gasteiger partial charge is 0.350 e. The van der Waals surface area contributed by atoms with Crippen LogP contribution in [0.25, 0.3) is 0 Å². The molecule has 9 heteroatoms. The Morgan fingerprint density at radius 1 is 1.39 bits per heavy atom. The summed E-state index contributed by atoms with van der Waals surface area (Å²) in [6.45, 7) is 1.15. The van der Waals surface area contributed by atoms with Gasteiger partial charge in [0.2, 0.25) is 0 Å². The maximum atomic E-state index is 12.5. The average molecular weight is 358 g/mol. The van der Waals surface area contributed by atoms with Crippen LogP contribution in [0.5, 0.6) is 0 Å². The summed E-state index contributed by atoms with van der Waals surface area (Å²) < 4.78 is 29.8. The molecule has 0 aliphatic heterocycles. The van der Waals surface area contributed by atoms with E-state index in [1.165, 1.54) is 17.6 Å². The summed E-state index contributed by atoms with van der Waals surface area (Å²) in [6, 6.07) is 6.17. The minimum atomic E-state index is -2.60. The van der Waals surface area contributed by atoms with Crippen molar-refractivity contribution in [3.05, 3.63) is 40.3 Å². The predicted molar refractivity (Wildman–Crippen MR) is 84.1 cm³/mol. The summed E-state index contributed by atoms with van der Waals surface area (Å²) in [4.78, 5) is 28.0. The molecule has 0 radical (unpaired) electrons. The molecule has 0 spiro atoms. The molecule has 2 rings (SSSR count). The van der Waals surface area contributed by atoms with E-state index in [4.69, 9.17) is 4.74 Å². The highest BCUT2D eigenvalue weighted by Gasteiger charge is 2.16. The van der Waals surface area contributed by atoms with E-state index in [9.17, 15) is 18.4 Å². The number of esters is 1. The second-order valence-electron chi connectivity index (χ2n) is 4.27. The number of nitrogens with one attached hydrogen (secondary N) is 1. The second kappa shape index (κ2) is 8.02. The molecular formula is C14H12F2N2O3S2. The first-order valence-corrected chi connectivity index (χ1v) is 8.14. The molecule has 0 aliphatic rings. The Bertz CT molecular complexity index is 707. The standard InChI is InChI=1S/C14H12F2N2O3S2/c1-8-12(22-7-17-8)13(20)21-6-11(19)18-9-4-2-3-5-10(9)23-14(15)16/h2-5,7,14H,6H2,1H3,(H,18,19). The zero-order valence-corrected chi connectivity index (χ0v) is 13.5. The molecule has 0 bridgehead atoms. The monoisotopic (exact) mass is 358 g/mol. The topological polar surface area (TPSA) is 68.3 Å². The second-order valence-corrected chi connectivity index (χ2v) is 6.15. The van der Waals surface area contributed by atoms with E-state index >= 15 is 0 Å². The fraction of sp³-hybridized carbons (Fsp3) is 0.214. The Morgan fingerprint density at radius 3 is 2.78 bits per heavy atom. The van der Waals surface area contributed by atoms with E-state index in [0.29, 0.717) is 22.3 Å². The fourth-order valence-electron chi connectivity index (χ4n) is 1.65. The summed E-state index contributed by atoms with van der Waals surface area (Å²) in [5.74, 6) is -3.85. The van der Waals surface area contributed by atoms with Gasteiger partial charge < -0.3 is 10.1 Å². The number of nitrogens with zero attached hydrogens (tertiary/aromatic N) is 1. The Labute approximate surface area is 139 Å². The molecule has 0 fully saturated rings. The molecule has 23 heavy (non-hydrogen) atoms. The summed E-state index contributed by atoms with van der Waals surface area (Å²) in [7, 11) is 0. The van der Waals surface area contributed by atoms with Crippen LogP contribution in [0, 0.1) is 6.92 Å². The molecule has 122 valence electrons. The predicted octanol–water partition coefficient (Wildman–Crippen LogP) is 3.56. The molecular weight excluding hydrogens is 346 g/mol.